The lowest BCUT2D eigenvalue weighted by atomic mass is 10.3. The number of hydrogen-bond acceptors (Lipinski definition) is 5. The molecule has 7 heteroatoms. The van der Waals surface area contributed by atoms with Crippen LogP contribution < -0.4 is 11.1 Å². The minimum absolute atomic E-state index is 0.0410. The highest BCUT2D eigenvalue weighted by atomic mass is 32.2. The standard InChI is InChI=1S/C11H13N3O3S/c12-8-3-6(11(16)17)4-13-10(8)18-5-9(15)14-7-1-2-7/h3-4,7H,1-2,5,12H2,(H,14,15)(H,16,17). The predicted octanol–water partition coefficient (Wildman–Crippen LogP) is 0.733. The molecule has 0 unspecified atom stereocenters. The number of carbonyl (C=O) groups excluding carboxylic acids is 1. The van der Waals surface area contributed by atoms with Crippen LogP contribution in [0.1, 0.15) is 23.2 Å². The normalized spacial score (nSPS) is 14.2. The van der Waals surface area contributed by atoms with Crippen molar-refractivity contribution in [1.29, 1.82) is 0 Å². The molecule has 1 fully saturated rings. The number of nitrogens with zero attached hydrogens (tertiary/aromatic N) is 1. The van der Waals surface area contributed by atoms with Gasteiger partial charge in [0, 0.05) is 12.2 Å². The van der Waals surface area contributed by atoms with Crippen molar-refractivity contribution in [2.75, 3.05) is 11.5 Å². The summed E-state index contributed by atoms with van der Waals surface area (Å²) >= 11 is 1.20. The van der Waals surface area contributed by atoms with Crippen LogP contribution in [0.4, 0.5) is 5.69 Å². The van der Waals surface area contributed by atoms with Crippen LogP contribution in [0.5, 0.6) is 0 Å². The highest BCUT2D eigenvalue weighted by Crippen LogP contribution is 2.24. The first-order chi connectivity index (χ1) is 8.56. The van der Waals surface area contributed by atoms with E-state index >= 15 is 0 Å². The number of carboxylic acids is 1. The Labute approximate surface area is 108 Å². The average molecular weight is 267 g/mol. The van der Waals surface area contributed by atoms with Gasteiger partial charge in [0.05, 0.1) is 17.0 Å². The fourth-order valence-corrected chi connectivity index (χ4v) is 2.04. The molecule has 6 nitrogen and oxygen atoms in total. The number of hydrogen-bond donors (Lipinski definition) is 3. The molecule has 18 heavy (non-hydrogen) atoms. The second-order valence-electron chi connectivity index (χ2n) is 4.05. The maximum absolute atomic E-state index is 11.5. The van der Waals surface area contributed by atoms with Crippen molar-refractivity contribution in [2.45, 2.75) is 23.9 Å². The number of thioether (sulfide) groups is 1. The Balaban J connectivity index is 1.92. The molecule has 96 valence electrons. The zero-order valence-electron chi connectivity index (χ0n) is 9.55. The van der Waals surface area contributed by atoms with E-state index in [4.69, 9.17) is 10.8 Å². The molecule has 1 amide bonds. The van der Waals surface area contributed by atoms with Gasteiger partial charge in [0.2, 0.25) is 5.91 Å². The summed E-state index contributed by atoms with van der Waals surface area (Å²) in [7, 11) is 0. The van der Waals surface area contributed by atoms with Gasteiger partial charge in [-0.25, -0.2) is 9.78 Å². The molecule has 0 spiro atoms. The van der Waals surface area contributed by atoms with Crippen LogP contribution in [-0.4, -0.2) is 33.8 Å². The number of aromatic nitrogens is 1. The number of rotatable bonds is 5. The van der Waals surface area contributed by atoms with Gasteiger partial charge in [0.15, 0.2) is 0 Å². The third-order valence-corrected chi connectivity index (χ3v) is 3.43. The average Bonchev–Trinajstić information content (AvgIpc) is 3.11. The van der Waals surface area contributed by atoms with E-state index < -0.39 is 5.97 Å². The van der Waals surface area contributed by atoms with E-state index in [1.54, 1.807) is 0 Å². The fourth-order valence-electron chi connectivity index (χ4n) is 1.34. The zero-order valence-corrected chi connectivity index (χ0v) is 10.4. The number of nitrogens with two attached hydrogens (primary N) is 1. The van der Waals surface area contributed by atoms with E-state index in [2.05, 4.69) is 10.3 Å². The van der Waals surface area contributed by atoms with E-state index in [9.17, 15) is 9.59 Å². The van der Waals surface area contributed by atoms with Crippen LogP contribution in [-0.2, 0) is 4.79 Å². The van der Waals surface area contributed by atoms with Gasteiger partial charge in [0.25, 0.3) is 0 Å². The van der Waals surface area contributed by atoms with Gasteiger partial charge in [-0.3, -0.25) is 4.79 Å². The lowest BCUT2D eigenvalue weighted by Crippen LogP contribution is -2.27. The number of carbonyl (C=O) groups is 2. The predicted molar refractivity (Wildman–Crippen MR) is 67.5 cm³/mol. The van der Waals surface area contributed by atoms with Gasteiger partial charge in [-0.15, -0.1) is 0 Å². The van der Waals surface area contributed by atoms with Gasteiger partial charge >= 0.3 is 5.97 Å². The first-order valence-corrected chi connectivity index (χ1v) is 6.46. The van der Waals surface area contributed by atoms with Crippen LogP contribution >= 0.6 is 11.8 Å². The van der Waals surface area contributed by atoms with E-state index in [0.29, 0.717) is 11.1 Å². The third kappa shape index (κ3) is 3.36. The smallest absolute Gasteiger partial charge is 0.337 e. The molecule has 0 aliphatic heterocycles. The molecule has 0 aromatic carbocycles. The first-order valence-electron chi connectivity index (χ1n) is 5.47. The van der Waals surface area contributed by atoms with Gasteiger partial charge in [-0.1, -0.05) is 11.8 Å². The van der Waals surface area contributed by atoms with Crippen molar-refractivity contribution < 1.29 is 14.7 Å². The largest absolute Gasteiger partial charge is 0.478 e. The van der Waals surface area contributed by atoms with Crippen molar-refractivity contribution in [2.24, 2.45) is 0 Å². The summed E-state index contributed by atoms with van der Waals surface area (Å²) in [5, 5.41) is 12.1. The van der Waals surface area contributed by atoms with Crippen LogP contribution in [0.2, 0.25) is 0 Å². The number of pyridine rings is 1. The van der Waals surface area contributed by atoms with E-state index in [-0.39, 0.29) is 22.9 Å². The molecule has 0 atom stereocenters. The minimum Gasteiger partial charge on any atom is -0.478 e. The Kier molecular flexibility index (Phi) is 3.71. The summed E-state index contributed by atoms with van der Waals surface area (Å²) in [4.78, 5) is 26.1. The molecule has 1 heterocycles. The van der Waals surface area contributed by atoms with E-state index in [1.807, 2.05) is 0 Å². The Hall–Kier alpha value is -1.76. The molecule has 1 saturated carbocycles. The number of nitrogens with one attached hydrogen (secondary N) is 1. The lowest BCUT2D eigenvalue weighted by Gasteiger charge is -2.05. The van der Waals surface area contributed by atoms with E-state index in [1.165, 1.54) is 24.0 Å². The number of aromatic carboxylic acids is 1. The molecular weight excluding hydrogens is 254 g/mol. The molecule has 1 aromatic heterocycles. The van der Waals surface area contributed by atoms with Gasteiger partial charge < -0.3 is 16.2 Å². The maximum atomic E-state index is 11.5. The highest BCUT2D eigenvalue weighted by molar-refractivity contribution is 8.00. The first kappa shape index (κ1) is 12.7. The van der Waals surface area contributed by atoms with Crippen molar-refractivity contribution in [3.63, 3.8) is 0 Å². The molecular formula is C11H13N3O3S. The van der Waals surface area contributed by atoms with Crippen LogP contribution in [0, 0.1) is 0 Å². The second kappa shape index (κ2) is 5.26. The zero-order chi connectivity index (χ0) is 13.1. The molecule has 1 aliphatic rings. The molecule has 0 bridgehead atoms. The SMILES string of the molecule is Nc1cc(C(=O)O)cnc1SCC(=O)NC1CC1. The monoisotopic (exact) mass is 267 g/mol. The lowest BCUT2D eigenvalue weighted by molar-refractivity contribution is -0.118. The van der Waals surface area contributed by atoms with Crippen molar-refractivity contribution in [3.05, 3.63) is 17.8 Å². The van der Waals surface area contributed by atoms with Crippen LogP contribution in [0.25, 0.3) is 0 Å². The molecule has 1 aromatic rings. The Morgan fingerprint density at radius 3 is 2.83 bits per heavy atom. The number of anilines is 1. The summed E-state index contributed by atoms with van der Waals surface area (Å²) in [6, 6.07) is 1.68. The van der Waals surface area contributed by atoms with E-state index in [0.717, 1.165) is 12.8 Å². The summed E-state index contributed by atoms with van der Waals surface area (Å²) in [6.45, 7) is 0. The summed E-state index contributed by atoms with van der Waals surface area (Å²) < 4.78 is 0. The van der Waals surface area contributed by atoms with Crippen molar-refractivity contribution in [1.82, 2.24) is 10.3 Å². The summed E-state index contributed by atoms with van der Waals surface area (Å²) in [5.41, 5.74) is 6.00. The molecule has 1 aliphatic carbocycles. The second-order valence-corrected chi connectivity index (χ2v) is 5.02. The quantitative estimate of drug-likeness (QED) is 0.679. The molecule has 4 N–H and O–H groups in total. The highest BCUT2D eigenvalue weighted by Gasteiger charge is 2.23. The van der Waals surface area contributed by atoms with Crippen molar-refractivity contribution in [3.8, 4) is 0 Å². The van der Waals surface area contributed by atoms with Gasteiger partial charge in [0.1, 0.15) is 5.03 Å². The number of amides is 1. The Morgan fingerprint density at radius 2 is 2.28 bits per heavy atom. The molecule has 0 saturated heterocycles. The Bertz CT molecular complexity index is 488. The van der Waals surface area contributed by atoms with Crippen LogP contribution in [0.3, 0.4) is 0 Å². The fraction of sp³-hybridized carbons (Fsp3) is 0.364. The summed E-state index contributed by atoms with van der Waals surface area (Å²) in [6.07, 6.45) is 3.33. The maximum Gasteiger partial charge on any atom is 0.337 e. The molecule has 2 rings (SSSR count). The summed E-state index contributed by atoms with van der Waals surface area (Å²) in [5.74, 6) is -0.886. The van der Waals surface area contributed by atoms with Gasteiger partial charge in [-0.05, 0) is 18.9 Å². The number of carboxylic acid groups (broad SMARTS) is 1. The van der Waals surface area contributed by atoms with Gasteiger partial charge in [-0.2, -0.15) is 0 Å². The third-order valence-electron chi connectivity index (χ3n) is 2.41. The number of nitrogen functional groups attached to an aromatic ring is 1. The topological polar surface area (TPSA) is 105 Å². The van der Waals surface area contributed by atoms with Crippen molar-refractivity contribution >= 4 is 29.3 Å². The van der Waals surface area contributed by atoms with Crippen LogP contribution in [0.15, 0.2) is 17.3 Å². The molecule has 0 radical (unpaired) electrons. The minimum atomic E-state index is -1.07. The Morgan fingerprint density at radius 1 is 1.56 bits per heavy atom.